The first-order valence-electron chi connectivity index (χ1n) is 8.39. The first-order chi connectivity index (χ1) is 13.6. The monoisotopic (exact) mass is 392 g/mol. The Morgan fingerprint density at radius 3 is 2.71 bits per heavy atom. The number of carboxylic acids is 1. The Kier molecular flexibility index (Phi) is 4.66. The highest BCUT2D eigenvalue weighted by Gasteiger charge is 2.18. The molecule has 2 N–H and O–H groups in total. The minimum absolute atomic E-state index is 0.0227. The zero-order valence-corrected chi connectivity index (χ0v) is 15.9. The van der Waals surface area contributed by atoms with E-state index in [-0.39, 0.29) is 11.4 Å². The molecule has 3 aromatic heterocycles. The quantitative estimate of drug-likeness (QED) is 0.391. The molecule has 0 atom stereocenters. The van der Waals surface area contributed by atoms with Gasteiger partial charge in [0.15, 0.2) is 22.6 Å². The molecule has 140 valence electrons. The molecule has 28 heavy (non-hydrogen) atoms. The van der Waals surface area contributed by atoms with Gasteiger partial charge in [-0.2, -0.15) is 0 Å². The van der Waals surface area contributed by atoms with Gasteiger partial charge in [0.25, 0.3) is 0 Å². The molecular weight excluding hydrogens is 376 g/mol. The number of rotatable bonds is 5. The molecular formula is C19H16N6O2S. The van der Waals surface area contributed by atoms with Gasteiger partial charge in [-0.15, -0.1) is 5.10 Å². The number of para-hydroxylation sites is 1. The van der Waals surface area contributed by atoms with Crippen LogP contribution in [0.4, 0.5) is 11.6 Å². The van der Waals surface area contributed by atoms with Crippen molar-refractivity contribution in [2.75, 3.05) is 11.6 Å². The topological polar surface area (TPSA) is 106 Å². The Balaban J connectivity index is 1.88. The molecule has 9 heteroatoms. The first kappa shape index (κ1) is 17.9. The molecule has 0 amide bonds. The molecule has 3 heterocycles. The van der Waals surface area contributed by atoms with E-state index in [1.54, 1.807) is 10.9 Å². The van der Waals surface area contributed by atoms with Crippen molar-refractivity contribution in [3.63, 3.8) is 0 Å². The number of thioether (sulfide) groups is 1. The number of anilines is 2. The van der Waals surface area contributed by atoms with E-state index in [0.717, 1.165) is 16.5 Å². The van der Waals surface area contributed by atoms with Gasteiger partial charge in [0.2, 0.25) is 0 Å². The molecule has 0 aliphatic carbocycles. The Hall–Kier alpha value is -3.46. The summed E-state index contributed by atoms with van der Waals surface area (Å²) in [6.45, 7) is 1.96. The number of aromatic carboxylic acids is 1. The predicted molar refractivity (Wildman–Crippen MR) is 108 cm³/mol. The number of pyridine rings is 1. The number of aryl methyl sites for hydroxylation is 1. The van der Waals surface area contributed by atoms with Gasteiger partial charge in [-0.1, -0.05) is 30.0 Å². The fraction of sp³-hybridized carbons (Fsp3) is 0.105. The van der Waals surface area contributed by atoms with Crippen LogP contribution in [0.5, 0.6) is 0 Å². The minimum Gasteiger partial charge on any atom is -0.477 e. The number of hydrogen-bond donors (Lipinski definition) is 2. The number of fused-ring (bicyclic) bond motifs is 1. The highest BCUT2D eigenvalue weighted by molar-refractivity contribution is 7.98. The zero-order valence-electron chi connectivity index (χ0n) is 15.1. The average Bonchev–Trinajstić information content (AvgIpc) is 3.06. The zero-order chi connectivity index (χ0) is 19.7. The SMILES string of the molecule is CSc1ncc(C(=O)O)c(Nc2nn(-c3ncccc3C)c3ccccc23)n1. The second-order valence-electron chi connectivity index (χ2n) is 5.97. The summed E-state index contributed by atoms with van der Waals surface area (Å²) in [6, 6.07) is 11.5. The third kappa shape index (κ3) is 3.16. The Morgan fingerprint density at radius 1 is 1.14 bits per heavy atom. The van der Waals surface area contributed by atoms with Crippen LogP contribution in [0, 0.1) is 6.92 Å². The number of hydrogen-bond acceptors (Lipinski definition) is 7. The van der Waals surface area contributed by atoms with Gasteiger partial charge in [-0.05, 0) is 36.9 Å². The van der Waals surface area contributed by atoms with Gasteiger partial charge in [-0.25, -0.2) is 24.4 Å². The van der Waals surface area contributed by atoms with Crippen molar-refractivity contribution >= 4 is 40.3 Å². The van der Waals surface area contributed by atoms with Crippen LogP contribution in [-0.4, -0.2) is 42.1 Å². The Bertz CT molecular complexity index is 1190. The van der Waals surface area contributed by atoms with E-state index in [2.05, 4.69) is 25.4 Å². The molecule has 1 aromatic carbocycles. The van der Waals surface area contributed by atoms with Crippen molar-refractivity contribution in [1.29, 1.82) is 0 Å². The van der Waals surface area contributed by atoms with Crippen LogP contribution in [0.25, 0.3) is 16.7 Å². The molecule has 8 nitrogen and oxygen atoms in total. The van der Waals surface area contributed by atoms with Gasteiger partial charge in [0.05, 0.1) is 5.52 Å². The molecule has 0 saturated carbocycles. The molecule has 0 bridgehead atoms. The normalized spacial score (nSPS) is 10.9. The first-order valence-corrected chi connectivity index (χ1v) is 9.62. The summed E-state index contributed by atoms with van der Waals surface area (Å²) in [5.41, 5.74) is 1.80. The maximum atomic E-state index is 11.6. The van der Waals surface area contributed by atoms with Crippen LogP contribution in [0.1, 0.15) is 15.9 Å². The van der Waals surface area contributed by atoms with Crippen molar-refractivity contribution in [1.82, 2.24) is 24.7 Å². The maximum Gasteiger partial charge on any atom is 0.341 e. The lowest BCUT2D eigenvalue weighted by Gasteiger charge is -2.07. The smallest absolute Gasteiger partial charge is 0.341 e. The third-order valence-corrected chi connectivity index (χ3v) is 4.75. The number of nitrogens with one attached hydrogen (secondary N) is 1. The molecule has 0 fully saturated rings. The van der Waals surface area contributed by atoms with Crippen LogP contribution in [0.15, 0.2) is 53.9 Å². The third-order valence-electron chi connectivity index (χ3n) is 4.19. The van der Waals surface area contributed by atoms with Crippen LogP contribution >= 0.6 is 11.8 Å². The highest BCUT2D eigenvalue weighted by Crippen LogP contribution is 2.29. The molecule has 0 aliphatic heterocycles. The van der Waals surface area contributed by atoms with E-state index in [1.165, 1.54) is 18.0 Å². The Morgan fingerprint density at radius 2 is 1.96 bits per heavy atom. The van der Waals surface area contributed by atoms with Crippen LogP contribution in [0.2, 0.25) is 0 Å². The second kappa shape index (κ2) is 7.28. The number of carboxylic acid groups (broad SMARTS) is 1. The number of carbonyl (C=O) groups is 1. The van der Waals surface area contributed by atoms with Crippen molar-refractivity contribution < 1.29 is 9.90 Å². The van der Waals surface area contributed by atoms with E-state index in [4.69, 9.17) is 0 Å². The van der Waals surface area contributed by atoms with E-state index in [1.807, 2.05) is 49.6 Å². The van der Waals surface area contributed by atoms with Crippen molar-refractivity contribution in [3.05, 3.63) is 59.9 Å². The summed E-state index contributed by atoms with van der Waals surface area (Å²) in [4.78, 5) is 24.4. The van der Waals surface area contributed by atoms with Crippen molar-refractivity contribution in [2.24, 2.45) is 0 Å². The molecule has 0 unspecified atom stereocenters. The van der Waals surface area contributed by atoms with Crippen LogP contribution < -0.4 is 5.32 Å². The fourth-order valence-corrected chi connectivity index (χ4v) is 3.19. The van der Waals surface area contributed by atoms with E-state index in [0.29, 0.717) is 16.8 Å². The van der Waals surface area contributed by atoms with Gasteiger partial charge in [0.1, 0.15) is 5.56 Å². The summed E-state index contributed by atoms with van der Waals surface area (Å²) in [6.07, 6.45) is 4.84. The lowest BCUT2D eigenvalue weighted by molar-refractivity contribution is 0.0697. The van der Waals surface area contributed by atoms with Crippen molar-refractivity contribution in [3.8, 4) is 5.82 Å². The number of aromatic nitrogens is 5. The molecule has 4 aromatic rings. The van der Waals surface area contributed by atoms with Gasteiger partial charge in [0, 0.05) is 17.8 Å². The lowest BCUT2D eigenvalue weighted by Crippen LogP contribution is -2.08. The summed E-state index contributed by atoms with van der Waals surface area (Å²) in [5, 5.41) is 18.5. The average molecular weight is 392 g/mol. The fourth-order valence-electron chi connectivity index (χ4n) is 2.85. The standard InChI is InChI=1S/C19H16N6O2S/c1-11-6-5-9-20-17(11)25-14-8-4-3-7-12(14)16(24-25)22-15-13(18(26)27)10-21-19(23-15)28-2/h3-10H,1-2H3,(H,26,27)(H,21,22,23,24). The number of nitrogens with zero attached hydrogens (tertiary/aromatic N) is 5. The summed E-state index contributed by atoms with van der Waals surface area (Å²) in [7, 11) is 0. The second-order valence-corrected chi connectivity index (χ2v) is 6.74. The van der Waals surface area contributed by atoms with E-state index < -0.39 is 5.97 Å². The lowest BCUT2D eigenvalue weighted by atomic mass is 10.2. The molecule has 0 saturated heterocycles. The predicted octanol–water partition coefficient (Wildman–Crippen LogP) is 3.68. The van der Waals surface area contributed by atoms with Crippen LogP contribution in [0.3, 0.4) is 0 Å². The highest BCUT2D eigenvalue weighted by atomic mass is 32.2. The van der Waals surface area contributed by atoms with Gasteiger partial charge >= 0.3 is 5.97 Å². The molecule has 4 rings (SSSR count). The minimum atomic E-state index is -1.11. The van der Waals surface area contributed by atoms with Crippen LogP contribution in [-0.2, 0) is 0 Å². The number of benzene rings is 1. The van der Waals surface area contributed by atoms with Gasteiger partial charge < -0.3 is 10.4 Å². The van der Waals surface area contributed by atoms with Crippen molar-refractivity contribution in [2.45, 2.75) is 12.1 Å². The molecule has 0 spiro atoms. The largest absolute Gasteiger partial charge is 0.477 e. The van der Waals surface area contributed by atoms with E-state index >= 15 is 0 Å². The summed E-state index contributed by atoms with van der Waals surface area (Å²) < 4.78 is 1.74. The maximum absolute atomic E-state index is 11.6. The van der Waals surface area contributed by atoms with E-state index in [9.17, 15) is 9.90 Å². The Labute approximate surface area is 164 Å². The summed E-state index contributed by atoms with van der Waals surface area (Å²) in [5.74, 6) is 0.283. The van der Waals surface area contributed by atoms with Gasteiger partial charge in [-0.3, -0.25) is 0 Å². The molecule has 0 radical (unpaired) electrons. The molecule has 0 aliphatic rings. The summed E-state index contributed by atoms with van der Waals surface area (Å²) >= 11 is 1.33.